The molecule has 0 amide bonds. The Labute approximate surface area is 75.4 Å². The molecule has 1 atom stereocenters. The van der Waals surface area contributed by atoms with Gasteiger partial charge in [0.2, 0.25) is 8.32 Å². The molecule has 2 N–H and O–H groups in total. The van der Waals surface area contributed by atoms with Crippen LogP contribution in [0.15, 0.2) is 0 Å². The first-order valence-electron chi connectivity index (χ1n) is 4.52. The number of rotatable bonds is 6. The fourth-order valence-electron chi connectivity index (χ4n) is 1.01. The van der Waals surface area contributed by atoms with Gasteiger partial charge in [0.15, 0.2) is 0 Å². The Morgan fingerprint density at radius 3 is 2.50 bits per heavy atom. The van der Waals surface area contributed by atoms with Gasteiger partial charge in [0.05, 0.1) is 0 Å². The maximum Gasteiger partial charge on any atom is 0.221 e. The number of hydrogen-bond donors (Lipinski definition) is 1. The van der Waals surface area contributed by atoms with Crippen LogP contribution < -0.4 is 5.73 Å². The predicted molar refractivity (Wildman–Crippen MR) is 52.3 cm³/mol. The van der Waals surface area contributed by atoms with Crippen molar-refractivity contribution in [2.75, 3.05) is 13.2 Å². The highest BCUT2D eigenvalue weighted by Gasteiger charge is 2.32. The number of hydrogen-bond acceptors (Lipinski definition) is 2. The van der Waals surface area contributed by atoms with E-state index in [2.05, 4.69) is 0 Å². The Morgan fingerprint density at radius 1 is 1.50 bits per heavy atom. The van der Waals surface area contributed by atoms with Crippen molar-refractivity contribution < 1.29 is 8.82 Å². The highest BCUT2D eigenvalue weighted by atomic mass is 28.4. The Morgan fingerprint density at radius 2 is 2.08 bits per heavy atom. The van der Waals surface area contributed by atoms with Crippen molar-refractivity contribution in [3.63, 3.8) is 0 Å². The third-order valence-corrected chi connectivity index (χ3v) is 4.63. The van der Waals surface area contributed by atoms with Crippen LogP contribution in [0.5, 0.6) is 0 Å². The van der Waals surface area contributed by atoms with Crippen LogP contribution >= 0.6 is 0 Å². The topological polar surface area (TPSA) is 35.2 Å². The van der Waals surface area contributed by atoms with Crippen molar-refractivity contribution in [1.82, 2.24) is 0 Å². The smallest absolute Gasteiger partial charge is 0.221 e. The average Bonchev–Trinajstić information content (AvgIpc) is 2.01. The van der Waals surface area contributed by atoms with Crippen LogP contribution in [0.3, 0.4) is 0 Å². The summed E-state index contributed by atoms with van der Waals surface area (Å²) in [6, 6.07) is 0. The Balaban J connectivity index is 3.81. The summed E-state index contributed by atoms with van der Waals surface area (Å²) in [6.45, 7) is 6.77. The summed E-state index contributed by atoms with van der Waals surface area (Å²) in [7, 11) is -2.10. The second kappa shape index (κ2) is 5.67. The van der Waals surface area contributed by atoms with E-state index in [1.54, 1.807) is 0 Å². The molecule has 0 aromatic heterocycles. The molecule has 0 heterocycles. The second-order valence-electron chi connectivity index (χ2n) is 3.50. The van der Waals surface area contributed by atoms with E-state index in [4.69, 9.17) is 10.2 Å². The molecular weight excluding hydrogens is 173 g/mol. The lowest BCUT2D eigenvalue weighted by Gasteiger charge is -2.26. The molecule has 0 spiro atoms. The monoisotopic (exact) mass is 193 g/mol. The summed E-state index contributed by atoms with van der Waals surface area (Å²) in [5, 5.41) is 0. The van der Waals surface area contributed by atoms with Crippen molar-refractivity contribution in [2.24, 2.45) is 5.73 Å². The van der Waals surface area contributed by atoms with E-state index >= 15 is 0 Å². The third kappa shape index (κ3) is 4.18. The molecule has 0 aromatic carbocycles. The summed E-state index contributed by atoms with van der Waals surface area (Å²) in [4.78, 5) is 0. The highest BCUT2D eigenvalue weighted by molar-refractivity contribution is 6.72. The first-order valence-corrected chi connectivity index (χ1v) is 7.51. The molecule has 0 rings (SSSR count). The third-order valence-electron chi connectivity index (χ3n) is 1.89. The summed E-state index contributed by atoms with van der Waals surface area (Å²) in [5.74, 6) is -0.756. The van der Waals surface area contributed by atoms with Gasteiger partial charge in [-0.2, -0.15) is 0 Å². The van der Waals surface area contributed by atoms with Crippen molar-refractivity contribution in [3.05, 3.63) is 0 Å². The van der Waals surface area contributed by atoms with Crippen molar-refractivity contribution in [1.29, 1.82) is 0 Å². The Kier molecular flexibility index (Phi) is 5.70. The summed E-state index contributed by atoms with van der Waals surface area (Å²) in [5.41, 5.74) is 5.28. The second-order valence-corrected chi connectivity index (χ2v) is 7.62. The molecule has 1 unspecified atom stereocenters. The normalized spacial score (nSPS) is 14.8. The van der Waals surface area contributed by atoms with E-state index in [1.807, 2.05) is 20.0 Å². The van der Waals surface area contributed by atoms with Crippen LogP contribution in [0.1, 0.15) is 19.8 Å². The van der Waals surface area contributed by atoms with Crippen LogP contribution in [0, 0.1) is 0 Å². The predicted octanol–water partition coefficient (Wildman–Crippen LogP) is 1.84. The Hall–Kier alpha value is 0.0669. The lowest BCUT2D eigenvalue weighted by Crippen LogP contribution is -2.43. The van der Waals surface area contributed by atoms with Gasteiger partial charge in [-0.15, -0.1) is 0 Å². The molecule has 74 valence electrons. The van der Waals surface area contributed by atoms with Crippen LogP contribution in [0.2, 0.25) is 13.1 Å². The van der Waals surface area contributed by atoms with Gasteiger partial charge in [0, 0.05) is 13.2 Å². The fraction of sp³-hybridized carbons (Fsp3) is 1.00. The lowest BCUT2D eigenvalue weighted by molar-refractivity contribution is 0.268. The molecule has 0 aromatic rings. The summed E-state index contributed by atoms with van der Waals surface area (Å²) < 4.78 is 18.8. The van der Waals surface area contributed by atoms with Gasteiger partial charge in [-0.1, -0.05) is 13.3 Å². The van der Waals surface area contributed by atoms with Gasteiger partial charge in [0.1, 0.15) is 5.79 Å². The van der Waals surface area contributed by atoms with Gasteiger partial charge >= 0.3 is 0 Å². The first-order chi connectivity index (χ1) is 5.54. The number of halogens is 1. The highest BCUT2D eigenvalue weighted by Crippen LogP contribution is 2.17. The lowest BCUT2D eigenvalue weighted by atomic mass is 10.4. The summed E-state index contributed by atoms with van der Waals surface area (Å²) in [6.07, 6.45) is 1.49. The molecule has 0 fully saturated rings. The molecule has 4 heteroatoms. The van der Waals surface area contributed by atoms with Gasteiger partial charge in [-0.25, -0.2) is 4.39 Å². The zero-order valence-corrected chi connectivity index (χ0v) is 9.27. The van der Waals surface area contributed by atoms with Crippen LogP contribution in [-0.4, -0.2) is 27.3 Å². The summed E-state index contributed by atoms with van der Waals surface area (Å²) >= 11 is 0. The molecule has 0 saturated carbocycles. The van der Waals surface area contributed by atoms with E-state index in [-0.39, 0.29) is 0 Å². The fourth-order valence-corrected chi connectivity index (χ4v) is 2.82. The van der Waals surface area contributed by atoms with E-state index in [0.717, 1.165) is 6.42 Å². The first kappa shape index (κ1) is 12.1. The van der Waals surface area contributed by atoms with Gasteiger partial charge in [0.25, 0.3) is 0 Å². The molecule has 0 aliphatic heterocycles. The van der Waals surface area contributed by atoms with Gasteiger partial charge in [-0.05, 0) is 19.5 Å². The van der Waals surface area contributed by atoms with E-state index in [0.29, 0.717) is 19.6 Å². The largest absolute Gasteiger partial charge is 0.413 e. The van der Waals surface area contributed by atoms with Gasteiger partial charge in [-0.3, -0.25) is 0 Å². The molecule has 0 aliphatic rings. The molecule has 0 bridgehead atoms. The van der Waals surface area contributed by atoms with Crippen molar-refractivity contribution in [3.8, 4) is 0 Å². The zero-order valence-electron chi connectivity index (χ0n) is 8.27. The van der Waals surface area contributed by atoms with E-state index in [9.17, 15) is 4.39 Å². The van der Waals surface area contributed by atoms with Crippen LogP contribution in [-0.2, 0) is 4.43 Å². The van der Waals surface area contributed by atoms with Gasteiger partial charge < -0.3 is 10.2 Å². The van der Waals surface area contributed by atoms with Crippen LogP contribution in [0.25, 0.3) is 0 Å². The molecular formula is C8H20FNOSi. The SMILES string of the molecule is CCCC(F)[Si](C)(C)OCCN. The maximum atomic E-state index is 13.4. The molecule has 0 saturated heterocycles. The van der Waals surface area contributed by atoms with Crippen molar-refractivity contribution in [2.45, 2.75) is 38.7 Å². The zero-order chi connectivity index (χ0) is 9.61. The molecule has 0 radical (unpaired) electrons. The molecule has 2 nitrogen and oxygen atoms in total. The molecule has 12 heavy (non-hydrogen) atoms. The average molecular weight is 193 g/mol. The van der Waals surface area contributed by atoms with E-state index in [1.165, 1.54) is 0 Å². The maximum absolute atomic E-state index is 13.4. The standard InChI is InChI=1S/C8H20FNOSi/c1-4-5-8(9)12(2,3)11-7-6-10/h8H,4-7,10H2,1-3H3. The van der Waals surface area contributed by atoms with Crippen LogP contribution in [0.4, 0.5) is 4.39 Å². The number of nitrogens with two attached hydrogens (primary N) is 1. The minimum absolute atomic E-state index is 0.481. The van der Waals surface area contributed by atoms with Crippen molar-refractivity contribution >= 4 is 8.32 Å². The Bertz CT molecular complexity index is 122. The minimum Gasteiger partial charge on any atom is -0.413 e. The quantitative estimate of drug-likeness (QED) is 0.653. The minimum atomic E-state index is -2.10. The number of alkyl halides is 1. The van der Waals surface area contributed by atoms with E-state index < -0.39 is 14.1 Å². The molecule has 0 aliphatic carbocycles.